The van der Waals surface area contributed by atoms with Gasteiger partial charge in [-0.3, -0.25) is 4.90 Å². The molecule has 0 aliphatic heterocycles. The molecule has 2 N–H and O–H groups in total. The molecule has 19 heavy (non-hydrogen) atoms. The molecule has 0 amide bonds. The summed E-state index contributed by atoms with van der Waals surface area (Å²) < 4.78 is 5.47. The van der Waals surface area contributed by atoms with E-state index in [1.54, 1.807) is 6.26 Å². The molecule has 0 fully saturated rings. The Labute approximate surface area is 119 Å². The second-order valence-corrected chi connectivity index (χ2v) is 5.10. The molecule has 2 aromatic rings. The van der Waals surface area contributed by atoms with Crippen LogP contribution >= 0.6 is 11.6 Å². The van der Waals surface area contributed by atoms with Crippen molar-refractivity contribution in [2.75, 3.05) is 13.6 Å². The minimum Gasteiger partial charge on any atom is -0.468 e. The van der Waals surface area contributed by atoms with Gasteiger partial charge in [0, 0.05) is 17.6 Å². The lowest BCUT2D eigenvalue weighted by Gasteiger charge is -2.31. The lowest BCUT2D eigenvalue weighted by molar-refractivity contribution is 0.169. The number of likely N-dealkylation sites (N-methyl/N-ethyl adjacent to an activating group) is 1. The van der Waals surface area contributed by atoms with Gasteiger partial charge in [0.1, 0.15) is 5.76 Å². The zero-order valence-electron chi connectivity index (χ0n) is 11.2. The highest BCUT2D eigenvalue weighted by molar-refractivity contribution is 6.30. The summed E-state index contributed by atoms with van der Waals surface area (Å²) in [6.45, 7) is 2.65. The summed E-state index contributed by atoms with van der Waals surface area (Å²) in [6, 6.07) is 12.0. The summed E-state index contributed by atoms with van der Waals surface area (Å²) in [7, 11) is 2.05. The highest BCUT2D eigenvalue weighted by Crippen LogP contribution is 2.29. The first kappa shape index (κ1) is 14.1. The fourth-order valence-corrected chi connectivity index (χ4v) is 2.43. The standard InChI is InChI=1S/C15H19ClN2O/c1-11(12-5-3-6-13(16)9-12)18(2)14(10-17)15-7-4-8-19-15/h3-9,11,14H,10,17H2,1-2H3. The zero-order chi connectivity index (χ0) is 13.8. The first-order valence-corrected chi connectivity index (χ1v) is 6.72. The summed E-state index contributed by atoms with van der Waals surface area (Å²) in [5, 5.41) is 0.750. The van der Waals surface area contributed by atoms with Gasteiger partial charge >= 0.3 is 0 Å². The maximum absolute atomic E-state index is 6.04. The highest BCUT2D eigenvalue weighted by atomic mass is 35.5. The second-order valence-electron chi connectivity index (χ2n) is 4.66. The monoisotopic (exact) mass is 278 g/mol. The number of benzene rings is 1. The fourth-order valence-electron chi connectivity index (χ4n) is 2.24. The largest absolute Gasteiger partial charge is 0.468 e. The third-order valence-electron chi connectivity index (χ3n) is 3.53. The molecule has 0 spiro atoms. The van der Waals surface area contributed by atoms with Crippen molar-refractivity contribution in [2.24, 2.45) is 5.73 Å². The Hall–Kier alpha value is -1.29. The van der Waals surface area contributed by atoms with E-state index in [2.05, 4.69) is 17.9 Å². The van der Waals surface area contributed by atoms with Crippen molar-refractivity contribution >= 4 is 11.6 Å². The van der Waals surface area contributed by atoms with Crippen molar-refractivity contribution in [3.63, 3.8) is 0 Å². The Morgan fingerprint density at radius 3 is 2.68 bits per heavy atom. The van der Waals surface area contributed by atoms with Gasteiger partial charge in [-0.05, 0) is 43.8 Å². The topological polar surface area (TPSA) is 42.4 Å². The van der Waals surface area contributed by atoms with Crippen molar-refractivity contribution in [2.45, 2.75) is 19.0 Å². The van der Waals surface area contributed by atoms with Gasteiger partial charge in [0.05, 0.1) is 12.3 Å². The predicted molar refractivity (Wildman–Crippen MR) is 78.1 cm³/mol. The molecule has 3 nitrogen and oxygen atoms in total. The molecule has 0 aliphatic rings. The van der Waals surface area contributed by atoms with Crippen molar-refractivity contribution < 1.29 is 4.42 Å². The molecule has 2 rings (SSSR count). The molecule has 0 saturated heterocycles. The molecule has 0 aliphatic carbocycles. The summed E-state index contributed by atoms with van der Waals surface area (Å²) in [4.78, 5) is 2.20. The maximum atomic E-state index is 6.04. The first-order valence-electron chi connectivity index (χ1n) is 6.34. The number of hydrogen-bond donors (Lipinski definition) is 1. The lowest BCUT2D eigenvalue weighted by atomic mass is 10.0. The van der Waals surface area contributed by atoms with Crippen LogP contribution in [0.15, 0.2) is 47.1 Å². The molecule has 102 valence electrons. The average molecular weight is 279 g/mol. The van der Waals surface area contributed by atoms with Crippen LogP contribution in [0.5, 0.6) is 0 Å². The number of nitrogens with zero attached hydrogens (tertiary/aromatic N) is 1. The number of halogens is 1. The molecular formula is C15H19ClN2O. The summed E-state index contributed by atoms with van der Waals surface area (Å²) >= 11 is 6.04. The van der Waals surface area contributed by atoms with Crippen molar-refractivity contribution in [1.29, 1.82) is 0 Å². The van der Waals surface area contributed by atoms with Crippen molar-refractivity contribution in [3.8, 4) is 0 Å². The molecular weight excluding hydrogens is 260 g/mol. The van der Waals surface area contributed by atoms with E-state index in [1.807, 2.05) is 37.4 Å². The molecule has 1 heterocycles. The van der Waals surface area contributed by atoms with E-state index in [9.17, 15) is 0 Å². The van der Waals surface area contributed by atoms with Gasteiger partial charge in [-0.25, -0.2) is 0 Å². The number of furan rings is 1. The highest BCUT2D eigenvalue weighted by Gasteiger charge is 2.23. The Bertz CT molecular complexity index is 513. The third kappa shape index (κ3) is 3.18. The van der Waals surface area contributed by atoms with Gasteiger partial charge < -0.3 is 10.2 Å². The Kier molecular flexibility index (Phi) is 4.64. The summed E-state index contributed by atoms with van der Waals surface area (Å²) in [6.07, 6.45) is 1.68. The van der Waals surface area contributed by atoms with Crippen molar-refractivity contribution in [3.05, 3.63) is 59.0 Å². The fraction of sp³-hybridized carbons (Fsp3) is 0.333. The predicted octanol–water partition coefficient (Wildman–Crippen LogP) is 3.63. The maximum Gasteiger partial charge on any atom is 0.122 e. The van der Waals surface area contributed by atoms with E-state index in [1.165, 1.54) is 5.56 Å². The van der Waals surface area contributed by atoms with Crippen molar-refractivity contribution in [1.82, 2.24) is 4.90 Å². The quantitative estimate of drug-likeness (QED) is 0.908. The summed E-state index contributed by atoms with van der Waals surface area (Å²) in [5.41, 5.74) is 7.05. The second kappa shape index (κ2) is 6.24. The Morgan fingerprint density at radius 2 is 2.11 bits per heavy atom. The third-order valence-corrected chi connectivity index (χ3v) is 3.76. The number of hydrogen-bond acceptors (Lipinski definition) is 3. The van der Waals surface area contributed by atoms with E-state index in [4.69, 9.17) is 21.8 Å². The van der Waals surface area contributed by atoms with E-state index < -0.39 is 0 Å². The molecule has 2 unspecified atom stereocenters. The minimum atomic E-state index is 0.0592. The lowest BCUT2D eigenvalue weighted by Crippen LogP contribution is -2.32. The van der Waals surface area contributed by atoms with Crippen LogP contribution in [0.1, 0.15) is 30.3 Å². The molecule has 4 heteroatoms. The van der Waals surface area contributed by atoms with Crippen LogP contribution in [0.25, 0.3) is 0 Å². The first-order chi connectivity index (χ1) is 9.13. The van der Waals surface area contributed by atoms with Crippen LogP contribution in [0.2, 0.25) is 5.02 Å². The number of nitrogens with two attached hydrogens (primary N) is 1. The van der Waals surface area contributed by atoms with Crippen LogP contribution in [0.3, 0.4) is 0 Å². The smallest absolute Gasteiger partial charge is 0.122 e. The molecule has 0 saturated carbocycles. The molecule has 2 atom stereocenters. The van der Waals surface area contributed by atoms with Gasteiger partial charge in [0.2, 0.25) is 0 Å². The van der Waals surface area contributed by atoms with Gasteiger partial charge in [-0.1, -0.05) is 23.7 Å². The molecule has 1 aromatic heterocycles. The van der Waals surface area contributed by atoms with E-state index in [0.717, 1.165) is 10.8 Å². The molecule has 0 bridgehead atoms. The summed E-state index contributed by atoms with van der Waals surface area (Å²) in [5.74, 6) is 0.888. The molecule has 0 radical (unpaired) electrons. The Morgan fingerprint density at radius 1 is 1.32 bits per heavy atom. The average Bonchev–Trinajstić information content (AvgIpc) is 2.92. The van der Waals surface area contributed by atoms with Crippen LogP contribution in [-0.2, 0) is 0 Å². The van der Waals surface area contributed by atoms with Crippen LogP contribution < -0.4 is 5.73 Å². The van der Waals surface area contributed by atoms with Gasteiger partial charge in [0.15, 0.2) is 0 Å². The van der Waals surface area contributed by atoms with Gasteiger partial charge in [-0.2, -0.15) is 0 Å². The normalized spacial score (nSPS) is 14.6. The van der Waals surface area contributed by atoms with E-state index in [-0.39, 0.29) is 12.1 Å². The van der Waals surface area contributed by atoms with Gasteiger partial charge in [-0.15, -0.1) is 0 Å². The molecule has 1 aromatic carbocycles. The SMILES string of the molecule is CC(c1cccc(Cl)c1)N(C)C(CN)c1ccco1. The van der Waals surface area contributed by atoms with Gasteiger partial charge in [0.25, 0.3) is 0 Å². The zero-order valence-corrected chi connectivity index (χ0v) is 12.0. The number of rotatable bonds is 5. The van der Waals surface area contributed by atoms with Crippen LogP contribution in [-0.4, -0.2) is 18.5 Å². The van der Waals surface area contributed by atoms with E-state index >= 15 is 0 Å². The Balaban J connectivity index is 2.20. The van der Waals surface area contributed by atoms with Crippen LogP contribution in [0, 0.1) is 0 Å². The van der Waals surface area contributed by atoms with Crippen LogP contribution in [0.4, 0.5) is 0 Å². The minimum absolute atomic E-state index is 0.0592. The van der Waals surface area contributed by atoms with E-state index in [0.29, 0.717) is 6.54 Å².